The second kappa shape index (κ2) is 9.36. The van der Waals surface area contributed by atoms with Crippen LogP contribution in [0.5, 0.6) is 0 Å². The molecule has 2 amide bonds. The quantitative estimate of drug-likeness (QED) is 0.408. The first-order chi connectivity index (χ1) is 14.7. The van der Waals surface area contributed by atoms with E-state index in [-0.39, 0.29) is 17.1 Å². The van der Waals surface area contributed by atoms with Crippen molar-refractivity contribution < 1.29 is 14.0 Å². The predicted octanol–water partition coefficient (Wildman–Crippen LogP) is 4.27. The molecule has 0 atom stereocenters. The summed E-state index contributed by atoms with van der Waals surface area (Å²) in [6.07, 6.45) is 0.982. The monoisotopic (exact) mass is 439 g/mol. The van der Waals surface area contributed by atoms with Crippen molar-refractivity contribution in [1.82, 2.24) is 9.88 Å². The maximum absolute atomic E-state index is 13.0. The van der Waals surface area contributed by atoms with Gasteiger partial charge in [0.25, 0.3) is 11.8 Å². The van der Waals surface area contributed by atoms with Gasteiger partial charge in [-0.05, 0) is 42.5 Å². The molecule has 7 nitrogen and oxygen atoms in total. The highest BCUT2D eigenvalue weighted by Gasteiger charge is 2.16. The molecule has 0 saturated heterocycles. The number of rotatable bonds is 5. The summed E-state index contributed by atoms with van der Waals surface area (Å²) in [5, 5.41) is 13.5. The van der Waals surface area contributed by atoms with Crippen LogP contribution < -0.4 is 10.6 Å². The van der Waals surface area contributed by atoms with Gasteiger partial charge in [0.05, 0.1) is 17.4 Å². The lowest BCUT2D eigenvalue weighted by Gasteiger charge is -2.14. The number of aromatic nitrogens is 1. The maximum Gasteiger partial charge on any atom is 0.258 e. The van der Waals surface area contributed by atoms with Gasteiger partial charge >= 0.3 is 0 Å². The van der Waals surface area contributed by atoms with Gasteiger partial charge in [0.2, 0.25) is 0 Å². The van der Waals surface area contributed by atoms with Crippen LogP contribution in [0, 0.1) is 11.2 Å². The zero-order valence-corrected chi connectivity index (χ0v) is 17.5. The van der Waals surface area contributed by atoms with Gasteiger partial charge in [-0.3, -0.25) is 15.0 Å². The molecular weight excluding hydrogens is 421 g/mol. The number of benzene rings is 2. The van der Waals surface area contributed by atoms with Crippen LogP contribution in [0.25, 0.3) is 0 Å². The van der Waals surface area contributed by atoms with E-state index in [9.17, 15) is 14.0 Å². The van der Waals surface area contributed by atoms with Crippen molar-refractivity contribution in [2.75, 3.05) is 24.7 Å². The van der Waals surface area contributed by atoms with E-state index in [1.54, 1.807) is 49.3 Å². The number of hydrogen-bond donors (Lipinski definition) is 3. The van der Waals surface area contributed by atoms with E-state index in [0.717, 1.165) is 6.20 Å². The third-order valence-corrected chi connectivity index (χ3v) is 4.55. The van der Waals surface area contributed by atoms with Crippen LogP contribution in [-0.2, 0) is 0 Å². The number of nitrogens with one attached hydrogen (secondary N) is 3. The Bertz CT molecular complexity index is 1130. The molecule has 3 aromatic rings. The van der Waals surface area contributed by atoms with Crippen molar-refractivity contribution >= 4 is 40.8 Å². The van der Waals surface area contributed by atoms with Gasteiger partial charge < -0.3 is 15.5 Å². The minimum atomic E-state index is -0.563. The molecule has 0 spiro atoms. The Labute approximate surface area is 183 Å². The SMILES string of the molecule is CN(C)C(=N)c1ccc(C(=O)Nc2ccc(Cl)cc2C(=O)Nc2ccc(F)cn2)cc1. The largest absolute Gasteiger partial charge is 0.363 e. The molecule has 0 aliphatic heterocycles. The fraction of sp³-hybridized carbons (Fsp3) is 0.0909. The molecule has 0 bridgehead atoms. The summed E-state index contributed by atoms with van der Waals surface area (Å²) in [7, 11) is 3.52. The lowest BCUT2D eigenvalue weighted by molar-refractivity contribution is 0.102. The second-order valence-electron chi connectivity index (χ2n) is 6.78. The number of amides is 2. The Morgan fingerprint density at radius 2 is 1.65 bits per heavy atom. The first kappa shape index (κ1) is 21.9. The summed E-state index contributed by atoms with van der Waals surface area (Å²) < 4.78 is 13.0. The second-order valence-corrected chi connectivity index (χ2v) is 7.22. The molecule has 3 rings (SSSR count). The Morgan fingerprint density at radius 3 is 2.26 bits per heavy atom. The molecule has 0 unspecified atom stereocenters. The number of halogens is 2. The standard InChI is InChI=1S/C22H19ClFN5O2/c1-29(2)20(25)13-3-5-14(6-4-13)21(30)27-18-9-7-15(23)11-17(18)22(31)28-19-10-8-16(24)12-26-19/h3-12,25H,1-2H3,(H,27,30)(H,26,28,31). The highest BCUT2D eigenvalue weighted by Crippen LogP contribution is 2.23. The van der Waals surface area contributed by atoms with E-state index in [0.29, 0.717) is 22.0 Å². The van der Waals surface area contributed by atoms with Crippen LogP contribution in [0.2, 0.25) is 5.02 Å². The van der Waals surface area contributed by atoms with Crippen LogP contribution in [-0.4, -0.2) is 41.6 Å². The molecule has 2 aromatic carbocycles. The van der Waals surface area contributed by atoms with Crippen LogP contribution in [0.1, 0.15) is 26.3 Å². The van der Waals surface area contributed by atoms with Crippen molar-refractivity contribution in [2.45, 2.75) is 0 Å². The zero-order chi connectivity index (χ0) is 22.5. The molecular formula is C22H19ClFN5O2. The molecule has 0 saturated carbocycles. The minimum Gasteiger partial charge on any atom is -0.363 e. The normalized spacial score (nSPS) is 10.3. The summed E-state index contributed by atoms with van der Waals surface area (Å²) in [5.74, 6) is -1.05. The molecule has 0 radical (unpaired) electrons. The number of anilines is 2. The number of amidine groups is 1. The van der Waals surface area contributed by atoms with E-state index in [2.05, 4.69) is 15.6 Å². The van der Waals surface area contributed by atoms with E-state index < -0.39 is 17.6 Å². The molecule has 9 heteroatoms. The van der Waals surface area contributed by atoms with Gasteiger partial charge in [-0.2, -0.15) is 0 Å². The molecule has 31 heavy (non-hydrogen) atoms. The molecule has 3 N–H and O–H groups in total. The average Bonchev–Trinajstić information content (AvgIpc) is 2.76. The number of pyridine rings is 1. The molecule has 1 heterocycles. The van der Waals surface area contributed by atoms with Gasteiger partial charge in [0.1, 0.15) is 17.5 Å². The Hall–Kier alpha value is -3.78. The highest BCUT2D eigenvalue weighted by atomic mass is 35.5. The summed E-state index contributed by atoms with van der Waals surface area (Å²) in [5.41, 5.74) is 1.40. The smallest absolute Gasteiger partial charge is 0.258 e. The number of carbonyl (C=O) groups excluding carboxylic acids is 2. The highest BCUT2D eigenvalue weighted by molar-refractivity contribution is 6.31. The van der Waals surface area contributed by atoms with Crippen molar-refractivity contribution in [3.63, 3.8) is 0 Å². The zero-order valence-electron chi connectivity index (χ0n) is 16.7. The molecule has 0 fully saturated rings. The molecule has 1 aromatic heterocycles. The van der Waals surface area contributed by atoms with Gasteiger partial charge in [0, 0.05) is 30.2 Å². The van der Waals surface area contributed by atoms with Crippen molar-refractivity contribution in [3.05, 3.63) is 88.3 Å². The van der Waals surface area contributed by atoms with Crippen molar-refractivity contribution in [3.8, 4) is 0 Å². The Kier molecular flexibility index (Phi) is 6.61. The van der Waals surface area contributed by atoms with Crippen LogP contribution in [0.4, 0.5) is 15.9 Å². The molecule has 158 valence electrons. The van der Waals surface area contributed by atoms with E-state index in [1.807, 2.05) is 0 Å². The Balaban J connectivity index is 1.80. The van der Waals surface area contributed by atoms with Gasteiger partial charge in [-0.1, -0.05) is 23.7 Å². The topological polar surface area (TPSA) is 98.2 Å². The van der Waals surface area contributed by atoms with Crippen LogP contribution in [0.15, 0.2) is 60.8 Å². The predicted molar refractivity (Wildman–Crippen MR) is 119 cm³/mol. The first-order valence-electron chi connectivity index (χ1n) is 9.14. The minimum absolute atomic E-state index is 0.123. The van der Waals surface area contributed by atoms with Crippen LogP contribution in [0.3, 0.4) is 0 Å². The van der Waals surface area contributed by atoms with Crippen molar-refractivity contribution in [1.29, 1.82) is 5.41 Å². The fourth-order valence-electron chi connectivity index (χ4n) is 2.68. The molecule has 0 aliphatic rings. The number of nitrogens with zero attached hydrogens (tertiary/aromatic N) is 2. The van der Waals surface area contributed by atoms with E-state index >= 15 is 0 Å². The lowest BCUT2D eigenvalue weighted by Crippen LogP contribution is -2.22. The van der Waals surface area contributed by atoms with Crippen molar-refractivity contribution in [2.24, 2.45) is 0 Å². The van der Waals surface area contributed by atoms with Gasteiger partial charge in [0.15, 0.2) is 0 Å². The summed E-state index contributed by atoms with van der Waals surface area (Å²) in [4.78, 5) is 30.8. The molecule has 0 aliphatic carbocycles. The summed E-state index contributed by atoms with van der Waals surface area (Å²) in [6.45, 7) is 0. The third kappa shape index (κ3) is 5.43. The third-order valence-electron chi connectivity index (χ3n) is 4.31. The fourth-order valence-corrected chi connectivity index (χ4v) is 2.85. The van der Waals surface area contributed by atoms with Gasteiger partial charge in [-0.25, -0.2) is 9.37 Å². The number of carbonyl (C=O) groups is 2. The van der Waals surface area contributed by atoms with E-state index in [1.165, 1.54) is 24.3 Å². The van der Waals surface area contributed by atoms with E-state index in [4.69, 9.17) is 17.0 Å². The Morgan fingerprint density at radius 1 is 0.968 bits per heavy atom. The maximum atomic E-state index is 13.0. The average molecular weight is 440 g/mol. The summed E-state index contributed by atoms with van der Waals surface area (Å²) in [6, 6.07) is 13.5. The van der Waals surface area contributed by atoms with Crippen LogP contribution >= 0.6 is 11.6 Å². The summed E-state index contributed by atoms with van der Waals surface area (Å²) >= 11 is 6.03. The first-order valence-corrected chi connectivity index (χ1v) is 9.52. The number of hydrogen-bond acceptors (Lipinski definition) is 4. The lowest BCUT2D eigenvalue weighted by atomic mass is 10.1. The van der Waals surface area contributed by atoms with Gasteiger partial charge in [-0.15, -0.1) is 0 Å².